The number of para-hydroxylation sites is 1. The van der Waals surface area contributed by atoms with Gasteiger partial charge in [0.15, 0.2) is 11.6 Å². The molecular formula is C13H13NO3. The lowest BCUT2D eigenvalue weighted by atomic mass is 10.1. The van der Waals surface area contributed by atoms with E-state index in [4.69, 9.17) is 9.47 Å². The van der Waals surface area contributed by atoms with E-state index < -0.39 is 5.97 Å². The summed E-state index contributed by atoms with van der Waals surface area (Å²) in [5.41, 5.74) is 1.12. The lowest BCUT2D eigenvalue weighted by Crippen LogP contribution is -2.00. The number of aliphatic imine (C=N–C) groups is 1. The Labute approximate surface area is 99.6 Å². The zero-order valence-electron chi connectivity index (χ0n) is 9.77. The maximum atomic E-state index is 11.4. The number of hydrogen-bond donors (Lipinski definition) is 0. The Morgan fingerprint density at radius 2 is 2.18 bits per heavy atom. The SMILES string of the molecule is CCOc1ccccc1C=C1N=C(C)OC1=O. The molecule has 1 aromatic rings. The molecule has 1 aliphatic rings. The monoisotopic (exact) mass is 231 g/mol. The predicted molar refractivity (Wildman–Crippen MR) is 64.8 cm³/mol. The third-order valence-electron chi connectivity index (χ3n) is 2.24. The van der Waals surface area contributed by atoms with Crippen molar-refractivity contribution in [2.24, 2.45) is 4.99 Å². The molecule has 4 nitrogen and oxygen atoms in total. The highest BCUT2D eigenvalue weighted by atomic mass is 16.6. The fraction of sp³-hybridized carbons (Fsp3) is 0.231. The molecule has 0 spiro atoms. The number of carbonyl (C=O) groups is 1. The van der Waals surface area contributed by atoms with Gasteiger partial charge < -0.3 is 9.47 Å². The molecule has 1 aromatic carbocycles. The highest BCUT2D eigenvalue weighted by Gasteiger charge is 2.20. The minimum atomic E-state index is -0.422. The van der Waals surface area contributed by atoms with Crippen molar-refractivity contribution >= 4 is 17.9 Å². The molecule has 0 unspecified atom stereocenters. The molecule has 0 bridgehead atoms. The minimum Gasteiger partial charge on any atom is -0.493 e. The zero-order valence-corrected chi connectivity index (χ0v) is 9.77. The van der Waals surface area contributed by atoms with Crippen molar-refractivity contribution in [3.05, 3.63) is 35.5 Å². The molecule has 1 aliphatic heterocycles. The number of rotatable bonds is 3. The number of ether oxygens (including phenoxy) is 2. The largest absolute Gasteiger partial charge is 0.493 e. The van der Waals surface area contributed by atoms with Crippen LogP contribution in [-0.2, 0) is 9.53 Å². The van der Waals surface area contributed by atoms with E-state index in [1.165, 1.54) is 0 Å². The molecule has 2 rings (SSSR count). The average molecular weight is 231 g/mol. The molecule has 17 heavy (non-hydrogen) atoms. The van der Waals surface area contributed by atoms with Gasteiger partial charge in [0.2, 0.25) is 0 Å². The van der Waals surface area contributed by atoms with Gasteiger partial charge in [-0.2, -0.15) is 0 Å². The Bertz CT molecular complexity index is 503. The normalized spacial score (nSPS) is 16.9. The van der Waals surface area contributed by atoms with E-state index in [0.29, 0.717) is 18.2 Å². The molecule has 0 N–H and O–H groups in total. The van der Waals surface area contributed by atoms with Crippen LogP contribution < -0.4 is 4.74 Å². The Hall–Kier alpha value is -2.10. The second-order valence-corrected chi connectivity index (χ2v) is 3.52. The molecule has 0 aliphatic carbocycles. The third kappa shape index (κ3) is 2.53. The Kier molecular flexibility index (Phi) is 3.23. The van der Waals surface area contributed by atoms with E-state index in [9.17, 15) is 4.79 Å². The van der Waals surface area contributed by atoms with E-state index >= 15 is 0 Å². The second kappa shape index (κ2) is 4.82. The van der Waals surface area contributed by atoms with Crippen LogP contribution >= 0.6 is 0 Å². The molecule has 0 atom stereocenters. The van der Waals surface area contributed by atoms with Crippen molar-refractivity contribution in [2.75, 3.05) is 6.61 Å². The third-order valence-corrected chi connectivity index (χ3v) is 2.24. The standard InChI is InChI=1S/C13H13NO3/c1-3-16-12-7-5-4-6-10(12)8-11-13(15)17-9(2)14-11/h4-8H,3H2,1-2H3. The van der Waals surface area contributed by atoms with Crippen molar-refractivity contribution in [1.29, 1.82) is 0 Å². The molecule has 0 saturated carbocycles. The maximum Gasteiger partial charge on any atom is 0.363 e. The summed E-state index contributed by atoms with van der Waals surface area (Å²) in [7, 11) is 0. The average Bonchev–Trinajstić information content (AvgIpc) is 2.61. The van der Waals surface area contributed by atoms with Crippen molar-refractivity contribution in [2.45, 2.75) is 13.8 Å². The molecule has 0 amide bonds. The topological polar surface area (TPSA) is 47.9 Å². The van der Waals surface area contributed by atoms with E-state index in [2.05, 4.69) is 4.99 Å². The predicted octanol–water partition coefficient (Wildman–Crippen LogP) is 2.40. The summed E-state index contributed by atoms with van der Waals surface area (Å²) in [6.45, 7) is 4.14. The van der Waals surface area contributed by atoms with Crippen molar-refractivity contribution in [3.8, 4) is 5.75 Å². The number of cyclic esters (lactones) is 1. The second-order valence-electron chi connectivity index (χ2n) is 3.52. The van der Waals surface area contributed by atoms with Gasteiger partial charge in [-0.05, 0) is 19.1 Å². The van der Waals surface area contributed by atoms with E-state index in [-0.39, 0.29) is 0 Å². The van der Waals surface area contributed by atoms with Crippen LogP contribution in [0.5, 0.6) is 5.75 Å². The molecule has 4 heteroatoms. The number of nitrogens with zero attached hydrogens (tertiary/aromatic N) is 1. The molecule has 88 valence electrons. The summed E-state index contributed by atoms with van der Waals surface area (Å²) in [5.74, 6) is 0.680. The molecule has 1 heterocycles. The maximum absolute atomic E-state index is 11.4. The number of carbonyl (C=O) groups excluding carboxylic acids is 1. The quantitative estimate of drug-likeness (QED) is 0.592. The summed E-state index contributed by atoms with van der Waals surface area (Å²) >= 11 is 0. The first-order chi connectivity index (χ1) is 8.20. The molecule has 0 fully saturated rings. The lowest BCUT2D eigenvalue weighted by Gasteiger charge is -2.06. The number of hydrogen-bond acceptors (Lipinski definition) is 4. The summed E-state index contributed by atoms with van der Waals surface area (Å²) in [6, 6.07) is 7.49. The Balaban J connectivity index is 2.35. The molecule has 0 aromatic heterocycles. The fourth-order valence-electron chi connectivity index (χ4n) is 1.55. The Morgan fingerprint density at radius 1 is 1.41 bits per heavy atom. The first kappa shape index (κ1) is 11.4. The van der Waals surface area contributed by atoms with Crippen LogP contribution in [0.2, 0.25) is 0 Å². The van der Waals surface area contributed by atoms with Gasteiger partial charge in [-0.1, -0.05) is 18.2 Å². The van der Waals surface area contributed by atoms with Gasteiger partial charge in [-0.3, -0.25) is 0 Å². The Morgan fingerprint density at radius 3 is 2.82 bits per heavy atom. The minimum absolute atomic E-state index is 0.301. The van der Waals surface area contributed by atoms with Crippen molar-refractivity contribution in [3.63, 3.8) is 0 Å². The fourth-order valence-corrected chi connectivity index (χ4v) is 1.55. The molecule has 0 saturated heterocycles. The first-order valence-corrected chi connectivity index (χ1v) is 5.41. The van der Waals surface area contributed by atoms with Gasteiger partial charge in [0, 0.05) is 12.5 Å². The van der Waals surface area contributed by atoms with Gasteiger partial charge in [0.05, 0.1) is 6.61 Å². The van der Waals surface area contributed by atoms with Gasteiger partial charge >= 0.3 is 5.97 Å². The van der Waals surface area contributed by atoms with E-state index in [1.54, 1.807) is 13.0 Å². The van der Waals surface area contributed by atoms with Crippen LogP contribution in [0.4, 0.5) is 0 Å². The van der Waals surface area contributed by atoms with Gasteiger partial charge in [0.25, 0.3) is 0 Å². The van der Waals surface area contributed by atoms with E-state index in [1.807, 2.05) is 31.2 Å². The van der Waals surface area contributed by atoms with Gasteiger partial charge in [0.1, 0.15) is 5.75 Å². The van der Waals surface area contributed by atoms with Crippen LogP contribution in [-0.4, -0.2) is 18.5 Å². The van der Waals surface area contributed by atoms with Crippen LogP contribution in [0.25, 0.3) is 6.08 Å². The first-order valence-electron chi connectivity index (χ1n) is 5.41. The van der Waals surface area contributed by atoms with Crippen molar-refractivity contribution in [1.82, 2.24) is 0 Å². The highest BCUT2D eigenvalue weighted by Crippen LogP contribution is 2.23. The summed E-state index contributed by atoms with van der Waals surface area (Å²) in [5, 5.41) is 0. The van der Waals surface area contributed by atoms with Gasteiger partial charge in [-0.25, -0.2) is 9.79 Å². The van der Waals surface area contributed by atoms with Crippen LogP contribution in [0, 0.1) is 0 Å². The van der Waals surface area contributed by atoms with Crippen molar-refractivity contribution < 1.29 is 14.3 Å². The number of esters is 1. The van der Waals surface area contributed by atoms with Crippen LogP contribution in [0.3, 0.4) is 0 Å². The molecule has 0 radical (unpaired) electrons. The number of benzene rings is 1. The van der Waals surface area contributed by atoms with Gasteiger partial charge in [-0.15, -0.1) is 0 Å². The molecular weight excluding hydrogens is 218 g/mol. The summed E-state index contributed by atoms with van der Waals surface area (Å²) in [6.07, 6.45) is 1.67. The van der Waals surface area contributed by atoms with Crippen LogP contribution in [0.1, 0.15) is 19.4 Å². The smallest absolute Gasteiger partial charge is 0.363 e. The summed E-state index contributed by atoms with van der Waals surface area (Å²) < 4.78 is 10.3. The van der Waals surface area contributed by atoms with Crippen LogP contribution in [0.15, 0.2) is 35.0 Å². The lowest BCUT2D eigenvalue weighted by molar-refractivity contribution is -0.130. The zero-order chi connectivity index (χ0) is 12.3. The summed E-state index contributed by atoms with van der Waals surface area (Å²) in [4.78, 5) is 15.4. The van der Waals surface area contributed by atoms with E-state index in [0.717, 1.165) is 11.3 Å². The highest BCUT2D eigenvalue weighted by molar-refractivity contribution is 6.06.